The van der Waals surface area contributed by atoms with E-state index in [2.05, 4.69) is 25.6 Å². The summed E-state index contributed by atoms with van der Waals surface area (Å²) in [6.07, 6.45) is 4.64. The minimum atomic E-state index is -0.555. The normalized spacial score (nSPS) is 10.8. The van der Waals surface area contributed by atoms with E-state index >= 15 is 0 Å². The number of hydrogen-bond donors (Lipinski definition) is 2. The second-order valence-electron chi connectivity index (χ2n) is 7.15. The molecule has 0 aliphatic heterocycles. The number of aromatic nitrogens is 3. The summed E-state index contributed by atoms with van der Waals surface area (Å²) in [5.41, 5.74) is 3.58. The van der Waals surface area contributed by atoms with Gasteiger partial charge in [-0.25, -0.2) is 9.37 Å². The highest BCUT2D eigenvalue weighted by Gasteiger charge is 2.16. The maximum atomic E-state index is 13.9. The summed E-state index contributed by atoms with van der Waals surface area (Å²) in [5, 5.41) is 7.77. The van der Waals surface area contributed by atoms with E-state index in [-0.39, 0.29) is 11.5 Å². The maximum absolute atomic E-state index is 13.9. The summed E-state index contributed by atoms with van der Waals surface area (Å²) >= 11 is 1.29. The van der Waals surface area contributed by atoms with Crippen molar-refractivity contribution in [2.45, 2.75) is 19.8 Å². The Hall–Kier alpha value is -3.72. The van der Waals surface area contributed by atoms with Gasteiger partial charge < -0.3 is 5.32 Å². The number of nitrogens with zero attached hydrogens (tertiary/aromatic N) is 3. The van der Waals surface area contributed by atoms with E-state index in [1.165, 1.54) is 42.3 Å². The summed E-state index contributed by atoms with van der Waals surface area (Å²) in [6, 6.07) is 10.4. The molecular weight excluding hydrogens is 429 g/mol. The second kappa shape index (κ2) is 9.61. The molecule has 0 unspecified atom stereocenters. The molecule has 7 nitrogen and oxygen atoms in total. The second-order valence-corrected chi connectivity index (χ2v) is 8.01. The smallest absolute Gasteiger partial charge is 0.259 e. The topological polar surface area (TPSA) is 96.9 Å². The summed E-state index contributed by atoms with van der Waals surface area (Å²) in [5.74, 6) is -1.07. The molecular formula is C23H20FN5O2S. The van der Waals surface area contributed by atoms with Gasteiger partial charge in [-0.15, -0.1) is 11.3 Å². The quantitative estimate of drug-likeness (QED) is 0.412. The van der Waals surface area contributed by atoms with Gasteiger partial charge >= 0.3 is 0 Å². The summed E-state index contributed by atoms with van der Waals surface area (Å²) in [7, 11) is 0. The summed E-state index contributed by atoms with van der Waals surface area (Å²) in [6.45, 7) is 2.16. The van der Waals surface area contributed by atoms with Gasteiger partial charge in [-0.05, 0) is 24.5 Å². The molecule has 0 aliphatic carbocycles. The van der Waals surface area contributed by atoms with E-state index in [0.717, 1.165) is 30.2 Å². The monoisotopic (exact) mass is 449 g/mol. The standard InChI is InChI=1S/C23H20FN5O2S/c1-14(30)25-8-2-3-15-4-6-16(7-5-15)20-13-32-23(28-20)29-22(31)18-11-17(24)12-19-21(18)27-10-9-26-19/h4-7,9-13H,2-3,8H2,1H3,(H,25,30)(H,28,29,31). The van der Waals surface area contributed by atoms with Gasteiger partial charge in [0.1, 0.15) is 11.3 Å². The van der Waals surface area contributed by atoms with Crippen LogP contribution in [-0.2, 0) is 11.2 Å². The van der Waals surface area contributed by atoms with Gasteiger partial charge in [-0.2, -0.15) is 0 Å². The molecule has 0 fully saturated rings. The Kier molecular flexibility index (Phi) is 6.46. The highest BCUT2D eigenvalue weighted by molar-refractivity contribution is 7.14. The minimum Gasteiger partial charge on any atom is -0.356 e. The summed E-state index contributed by atoms with van der Waals surface area (Å²) < 4.78 is 13.9. The Morgan fingerprint density at radius 3 is 2.66 bits per heavy atom. The molecule has 0 spiro atoms. The molecule has 9 heteroatoms. The van der Waals surface area contributed by atoms with Crippen molar-refractivity contribution in [1.82, 2.24) is 20.3 Å². The lowest BCUT2D eigenvalue weighted by molar-refractivity contribution is -0.118. The first-order valence-corrected chi connectivity index (χ1v) is 10.9. The van der Waals surface area contributed by atoms with E-state index in [4.69, 9.17) is 0 Å². The van der Waals surface area contributed by atoms with Gasteiger partial charge in [-0.3, -0.25) is 24.9 Å². The van der Waals surface area contributed by atoms with Crippen LogP contribution in [0.2, 0.25) is 0 Å². The number of thiazole rings is 1. The zero-order chi connectivity index (χ0) is 22.5. The average molecular weight is 450 g/mol. The molecule has 0 atom stereocenters. The van der Waals surface area contributed by atoms with Crippen molar-refractivity contribution in [3.8, 4) is 11.3 Å². The van der Waals surface area contributed by atoms with Crippen LogP contribution < -0.4 is 10.6 Å². The highest BCUT2D eigenvalue weighted by atomic mass is 32.1. The van der Waals surface area contributed by atoms with Crippen LogP contribution in [-0.4, -0.2) is 33.3 Å². The number of amides is 2. The maximum Gasteiger partial charge on any atom is 0.259 e. The fourth-order valence-corrected chi connectivity index (χ4v) is 3.96. The Morgan fingerprint density at radius 1 is 1.09 bits per heavy atom. The number of halogens is 1. The van der Waals surface area contributed by atoms with Gasteiger partial charge in [0.2, 0.25) is 5.91 Å². The Morgan fingerprint density at radius 2 is 1.88 bits per heavy atom. The number of nitrogens with one attached hydrogen (secondary N) is 2. The lowest BCUT2D eigenvalue weighted by Gasteiger charge is -2.05. The Bertz CT molecular complexity index is 1270. The van der Waals surface area contributed by atoms with Crippen molar-refractivity contribution in [1.29, 1.82) is 0 Å². The first-order valence-electron chi connectivity index (χ1n) is 10.0. The van der Waals surface area contributed by atoms with Gasteiger partial charge in [0.15, 0.2) is 5.13 Å². The predicted molar refractivity (Wildman–Crippen MR) is 122 cm³/mol. The number of carbonyl (C=O) groups is 2. The molecule has 0 bridgehead atoms. The number of anilines is 1. The van der Waals surface area contributed by atoms with E-state index in [9.17, 15) is 14.0 Å². The molecule has 2 heterocycles. The molecule has 32 heavy (non-hydrogen) atoms. The van der Waals surface area contributed by atoms with Gasteiger partial charge in [0, 0.05) is 42.9 Å². The first-order chi connectivity index (χ1) is 15.5. The van der Waals surface area contributed by atoms with Crippen LogP contribution in [0.1, 0.15) is 29.3 Å². The van der Waals surface area contributed by atoms with Crippen LogP contribution in [0.3, 0.4) is 0 Å². The number of rotatable bonds is 7. The van der Waals surface area contributed by atoms with Gasteiger partial charge in [-0.1, -0.05) is 24.3 Å². The SMILES string of the molecule is CC(=O)NCCCc1ccc(-c2csc(NC(=O)c3cc(F)cc4nccnc34)n2)cc1. The van der Waals surface area contributed by atoms with Crippen molar-refractivity contribution in [2.75, 3.05) is 11.9 Å². The van der Waals surface area contributed by atoms with Crippen molar-refractivity contribution < 1.29 is 14.0 Å². The zero-order valence-electron chi connectivity index (χ0n) is 17.3. The lowest BCUT2D eigenvalue weighted by atomic mass is 10.1. The molecule has 2 amide bonds. The van der Waals surface area contributed by atoms with E-state index in [0.29, 0.717) is 22.7 Å². The number of fused-ring (bicyclic) bond motifs is 1. The third-order valence-electron chi connectivity index (χ3n) is 4.77. The number of benzene rings is 2. The van der Waals surface area contributed by atoms with Crippen LogP contribution in [0.5, 0.6) is 0 Å². The fourth-order valence-electron chi connectivity index (χ4n) is 3.24. The van der Waals surface area contributed by atoms with Crippen molar-refractivity contribution in [3.63, 3.8) is 0 Å². The lowest BCUT2D eigenvalue weighted by Crippen LogP contribution is -2.21. The number of carbonyl (C=O) groups excluding carboxylic acids is 2. The number of aryl methyl sites for hydroxylation is 1. The zero-order valence-corrected chi connectivity index (χ0v) is 18.1. The van der Waals surface area contributed by atoms with Gasteiger partial charge in [0.25, 0.3) is 5.91 Å². The van der Waals surface area contributed by atoms with Crippen LogP contribution in [0.25, 0.3) is 22.3 Å². The third kappa shape index (κ3) is 5.12. The van der Waals surface area contributed by atoms with Crippen molar-refractivity contribution >= 4 is 39.3 Å². The Balaban J connectivity index is 1.43. The van der Waals surface area contributed by atoms with Crippen LogP contribution in [0.15, 0.2) is 54.2 Å². The average Bonchev–Trinajstić information content (AvgIpc) is 3.24. The van der Waals surface area contributed by atoms with Crippen LogP contribution >= 0.6 is 11.3 Å². The molecule has 0 aliphatic rings. The molecule has 162 valence electrons. The molecule has 4 rings (SSSR count). The molecule has 0 saturated carbocycles. The largest absolute Gasteiger partial charge is 0.356 e. The predicted octanol–water partition coefficient (Wildman–Crippen LogP) is 4.21. The number of hydrogen-bond acceptors (Lipinski definition) is 6. The molecule has 2 aromatic heterocycles. The van der Waals surface area contributed by atoms with Crippen molar-refractivity contribution in [2.24, 2.45) is 0 Å². The van der Waals surface area contributed by atoms with Crippen LogP contribution in [0.4, 0.5) is 9.52 Å². The molecule has 0 saturated heterocycles. The highest BCUT2D eigenvalue weighted by Crippen LogP contribution is 2.26. The Labute approximate surface area is 187 Å². The fraction of sp³-hybridized carbons (Fsp3) is 0.174. The molecule has 0 radical (unpaired) electrons. The molecule has 2 N–H and O–H groups in total. The summed E-state index contributed by atoms with van der Waals surface area (Å²) in [4.78, 5) is 36.3. The van der Waals surface area contributed by atoms with E-state index in [1.807, 2.05) is 29.6 Å². The van der Waals surface area contributed by atoms with Crippen LogP contribution in [0, 0.1) is 5.82 Å². The first kappa shape index (κ1) is 21.5. The molecule has 2 aromatic carbocycles. The minimum absolute atomic E-state index is 0.0229. The molecule has 4 aromatic rings. The van der Waals surface area contributed by atoms with E-state index < -0.39 is 11.7 Å². The van der Waals surface area contributed by atoms with E-state index in [1.54, 1.807) is 0 Å². The third-order valence-corrected chi connectivity index (χ3v) is 5.53. The van der Waals surface area contributed by atoms with Gasteiger partial charge in [0.05, 0.1) is 16.8 Å². The van der Waals surface area contributed by atoms with Crippen molar-refractivity contribution in [3.05, 3.63) is 71.1 Å².